The Bertz CT molecular complexity index is 120. The molecule has 52 valence electrons. The molecule has 0 radical (unpaired) electrons. The second-order valence-corrected chi connectivity index (χ2v) is 2.84. The van der Waals surface area contributed by atoms with E-state index in [1.165, 1.54) is 0 Å². The quantitative estimate of drug-likeness (QED) is 0.564. The van der Waals surface area contributed by atoms with Gasteiger partial charge in [-0.15, -0.1) is 0 Å². The van der Waals surface area contributed by atoms with Gasteiger partial charge in [0.15, 0.2) is 0 Å². The van der Waals surface area contributed by atoms with Crippen LogP contribution in [-0.4, -0.2) is 5.79 Å². The molecule has 1 heterocycles. The van der Waals surface area contributed by atoms with E-state index in [2.05, 4.69) is 0 Å². The first kappa shape index (κ1) is 7.13. The van der Waals surface area contributed by atoms with Crippen LogP contribution < -0.4 is 0 Å². The van der Waals surface area contributed by atoms with Gasteiger partial charge in [0, 0.05) is 17.4 Å². The summed E-state index contributed by atoms with van der Waals surface area (Å²) in [6.45, 7) is 3.90. The topological polar surface area (TPSA) is 35.5 Å². The fraction of sp³-hybridized carbons (Fsp3) is 1.00. The lowest BCUT2D eigenvalue weighted by atomic mass is 10.2. The molecule has 0 bridgehead atoms. The van der Waals surface area contributed by atoms with Crippen LogP contribution >= 0.6 is 8.25 Å². The molecule has 1 saturated heterocycles. The average Bonchev–Trinajstić information content (AvgIpc) is 1.81. The molecule has 1 aliphatic rings. The molecule has 0 saturated carbocycles. The maximum atomic E-state index is 10.3. The Balaban J connectivity index is 2.44. The van der Waals surface area contributed by atoms with Crippen LogP contribution in [0.1, 0.15) is 26.7 Å². The fourth-order valence-corrected chi connectivity index (χ4v) is 1.86. The van der Waals surface area contributed by atoms with Gasteiger partial charge in [-0.3, -0.25) is 0 Å². The highest BCUT2D eigenvalue weighted by molar-refractivity contribution is 7.34. The van der Waals surface area contributed by atoms with Crippen LogP contribution in [0.2, 0.25) is 0 Å². The summed E-state index contributed by atoms with van der Waals surface area (Å²) >= 11 is 0. The monoisotopic (exact) mass is 149 g/mol. The standard InChI is InChI=1S/C5H10O3P/c1-3-5(4-2)7-9(6)8-5/h3-4H2,1-2H3/q+1. The maximum absolute atomic E-state index is 10.3. The predicted octanol–water partition coefficient (Wildman–Crippen LogP) is 2.21. The number of rotatable bonds is 2. The highest BCUT2D eigenvalue weighted by Gasteiger charge is 2.57. The first-order valence-electron chi connectivity index (χ1n) is 3.08. The Morgan fingerprint density at radius 1 is 1.33 bits per heavy atom. The Kier molecular flexibility index (Phi) is 1.85. The van der Waals surface area contributed by atoms with Crippen LogP contribution in [0.25, 0.3) is 0 Å². The molecule has 0 aromatic heterocycles. The molecular formula is C5H10O3P+. The largest absolute Gasteiger partial charge is 0.703 e. The summed E-state index contributed by atoms with van der Waals surface area (Å²) in [5, 5.41) is 0. The van der Waals surface area contributed by atoms with Crippen molar-refractivity contribution in [2.24, 2.45) is 0 Å². The minimum Gasteiger partial charge on any atom is -0.0783 e. The van der Waals surface area contributed by atoms with Crippen LogP contribution in [-0.2, 0) is 13.6 Å². The Hall–Kier alpha value is 0.0200. The molecule has 0 atom stereocenters. The molecule has 4 heteroatoms. The van der Waals surface area contributed by atoms with Crippen molar-refractivity contribution in [1.82, 2.24) is 0 Å². The molecule has 0 aromatic carbocycles. The zero-order valence-corrected chi connectivity index (χ0v) is 6.48. The van der Waals surface area contributed by atoms with E-state index in [1.807, 2.05) is 13.8 Å². The molecule has 0 aromatic rings. The van der Waals surface area contributed by atoms with Gasteiger partial charge in [-0.25, -0.2) is 0 Å². The third-order valence-electron chi connectivity index (χ3n) is 1.56. The third kappa shape index (κ3) is 1.13. The SMILES string of the molecule is CCC1(CC)O[P+](=O)O1. The molecule has 0 spiro atoms. The van der Waals surface area contributed by atoms with Gasteiger partial charge in [0.25, 0.3) is 5.79 Å². The number of hydrogen-bond donors (Lipinski definition) is 0. The van der Waals surface area contributed by atoms with Gasteiger partial charge in [0.2, 0.25) is 0 Å². The lowest BCUT2D eigenvalue weighted by molar-refractivity contribution is -0.189. The van der Waals surface area contributed by atoms with Crippen LogP contribution in [0.5, 0.6) is 0 Å². The minimum atomic E-state index is -1.77. The molecule has 0 amide bonds. The summed E-state index contributed by atoms with van der Waals surface area (Å²) in [4.78, 5) is 0. The van der Waals surface area contributed by atoms with Crippen LogP contribution in [0, 0.1) is 0 Å². The summed E-state index contributed by atoms with van der Waals surface area (Å²) in [5.41, 5.74) is 0. The first-order chi connectivity index (χ1) is 4.22. The second kappa shape index (κ2) is 2.33. The fourth-order valence-electron chi connectivity index (χ4n) is 0.787. The normalized spacial score (nSPS) is 23.6. The molecule has 3 nitrogen and oxygen atoms in total. The van der Waals surface area contributed by atoms with E-state index in [4.69, 9.17) is 9.05 Å². The Morgan fingerprint density at radius 3 is 1.89 bits per heavy atom. The van der Waals surface area contributed by atoms with Gasteiger partial charge in [-0.1, -0.05) is 22.9 Å². The van der Waals surface area contributed by atoms with Gasteiger partial charge in [0.1, 0.15) is 0 Å². The summed E-state index contributed by atoms with van der Waals surface area (Å²) < 4.78 is 20.2. The van der Waals surface area contributed by atoms with Gasteiger partial charge in [-0.05, 0) is 0 Å². The lowest BCUT2D eigenvalue weighted by Gasteiger charge is -2.24. The molecule has 0 aliphatic carbocycles. The minimum absolute atomic E-state index is 0.506. The van der Waals surface area contributed by atoms with Gasteiger partial charge in [0.05, 0.1) is 0 Å². The van der Waals surface area contributed by atoms with Crippen molar-refractivity contribution in [3.63, 3.8) is 0 Å². The Morgan fingerprint density at radius 2 is 1.78 bits per heavy atom. The van der Waals surface area contributed by atoms with E-state index >= 15 is 0 Å². The third-order valence-corrected chi connectivity index (χ3v) is 2.52. The molecule has 0 unspecified atom stereocenters. The molecule has 0 N–H and O–H groups in total. The maximum Gasteiger partial charge on any atom is 0.703 e. The highest BCUT2D eigenvalue weighted by atomic mass is 31.1. The lowest BCUT2D eigenvalue weighted by Crippen LogP contribution is -2.37. The molecule has 1 rings (SSSR count). The Labute approximate surface area is 55.3 Å². The van der Waals surface area contributed by atoms with Gasteiger partial charge >= 0.3 is 8.25 Å². The van der Waals surface area contributed by atoms with Crippen molar-refractivity contribution < 1.29 is 13.6 Å². The van der Waals surface area contributed by atoms with E-state index < -0.39 is 14.0 Å². The second-order valence-electron chi connectivity index (χ2n) is 2.02. The molecule has 1 fully saturated rings. The summed E-state index contributed by atoms with van der Waals surface area (Å²) in [6, 6.07) is 0. The summed E-state index contributed by atoms with van der Waals surface area (Å²) in [5.74, 6) is -0.506. The summed E-state index contributed by atoms with van der Waals surface area (Å²) in [7, 11) is -1.77. The highest BCUT2D eigenvalue weighted by Crippen LogP contribution is 2.51. The van der Waals surface area contributed by atoms with Crippen LogP contribution in [0.4, 0.5) is 0 Å². The molecule has 1 aliphatic heterocycles. The summed E-state index contributed by atoms with van der Waals surface area (Å²) in [6.07, 6.45) is 1.54. The van der Waals surface area contributed by atoms with Crippen molar-refractivity contribution in [2.45, 2.75) is 32.5 Å². The van der Waals surface area contributed by atoms with Crippen LogP contribution in [0.15, 0.2) is 0 Å². The zero-order chi connectivity index (χ0) is 6.91. The van der Waals surface area contributed by atoms with Crippen molar-refractivity contribution in [1.29, 1.82) is 0 Å². The van der Waals surface area contributed by atoms with E-state index in [0.717, 1.165) is 12.8 Å². The van der Waals surface area contributed by atoms with E-state index in [-0.39, 0.29) is 0 Å². The smallest absolute Gasteiger partial charge is 0.0783 e. The van der Waals surface area contributed by atoms with E-state index in [0.29, 0.717) is 0 Å². The zero-order valence-electron chi connectivity index (χ0n) is 5.59. The van der Waals surface area contributed by atoms with Crippen molar-refractivity contribution in [3.05, 3.63) is 0 Å². The van der Waals surface area contributed by atoms with Gasteiger partial charge < -0.3 is 0 Å². The van der Waals surface area contributed by atoms with Crippen molar-refractivity contribution in [2.75, 3.05) is 0 Å². The van der Waals surface area contributed by atoms with Crippen molar-refractivity contribution in [3.8, 4) is 0 Å². The molecule has 9 heavy (non-hydrogen) atoms. The average molecular weight is 149 g/mol. The van der Waals surface area contributed by atoms with Gasteiger partial charge in [-0.2, -0.15) is 0 Å². The van der Waals surface area contributed by atoms with E-state index in [9.17, 15) is 4.57 Å². The van der Waals surface area contributed by atoms with Crippen LogP contribution in [0.3, 0.4) is 0 Å². The number of hydrogen-bond acceptors (Lipinski definition) is 3. The molecular weight excluding hydrogens is 139 g/mol. The first-order valence-corrected chi connectivity index (χ1v) is 4.17. The van der Waals surface area contributed by atoms with Crippen molar-refractivity contribution >= 4 is 8.25 Å². The predicted molar refractivity (Wildman–Crippen MR) is 33.1 cm³/mol. The van der Waals surface area contributed by atoms with E-state index in [1.54, 1.807) is 0 Å².